The van der Waals surface area contributed by atoms with Crippen molar-refractivity contribution in [2.75, 3.05) is 11.9 Å². The van der Waals surface area contributed by atoms with Crippen molar-refractivity contribution in [3.63, 3.8) is 0 Å². The summed E-state index contributed by atoms with van der Waals surface area (Å²) in [5, 5.41) is 13.5. The highest BCUT2D eigenvalue weighted by molar-refractivity contribution is 9.10. The van der Waals surface area contributed by atoms with E-state index in [1.54, 1.807) is 30.3 Å². The standard InChI is InChI=1S/C15H12BrNO4/c16-10-4-3-5-11(8-10)17-14(18)9-21-13-7-2-1-6-12(13)15(19)20/h1-8H,9H2,(H,17,18)(H,19,20)/p-1. The number of ether oxygens (including phenoxy) is 1. The molecule has 0 saturated heterocycles. The highest BCUT2D eigenvalue weighted by Gasteiger charge is 2.07. The Kier molecular flexibility index (Phi) is 4.94. The third-order valence-electron chi connectivity index (χ3n) is 2.57. The van der Waals surface area contributed by atoms with Crippen LogP contribution in [0.4, 0.5) is 5.69 Å². The lowest BCUT2D eigenvalue weighted by Gasteiger charge is -2.12. The number of aromatic carboxylic acids is 1. The Morgan fingerprint density at radius 2 is 1.90 bits per heavy atom. The SMILES string of the molecule is O=C(COc1ccccc1C(=O)[O-])Nc1cccc(Br)c1. The molecule has 0 radical (unpaired) electrons. The fourth-order valence-electron chi connectivity index (χ4n) is 1.67. The van der Waals surface area contributed by atoms with Crippen LogP contribution in [0, 0.1) is 0 Å². The fourth-order valence-corrected chi connectivity index (χ4v) is 2.07. The summed E-state index contributed by atoms with van der Waals surface area (Å²) in [6.45, 7) is -0.295. The van der Waals surface area contributed by atoms with E-state index in [-0.39, 0.29) is 23.8 Å². The summed E-state index contributed by atoms with van der Waals surface area (Å²) in [4.78, 5) is 22.7. The Balaban J connectivity index is 1.97. The number of carboxylic acids is 1. The van der Waals surface area contributed by atoms with Gasteiger partial charge in [-0.2, -0.15) is 0 Å². The lowest BCUT2D eigenvalue weighted by Crippen LogP contribution is -2.25. The van der Waals surface area contributed by atoms with E-state index in [2.05, 4.69) is 21.2 Å². The zero-order valence-electron chi connectivity index (χ0n) is 10.8. The monoisotopic (exact) mass is 348 g/mol. The average Bonchev–Trinajstić information content (AvgIpc) is 2.45. The summed E-state index contributed by atoms with van der Waals surface area (Å²) in [6, 6.07) is 13.1. The number of hydrogen-bond donors (Lipinski definition) is 1. The molecule has 6 heteroatoms. The van der Waals surface area contributed by atoms with Gasteiger partial charge in [0, 0.05) is 15.7 Å². The lowest BCUT2D eigenvalue weighted by molar-refractivity contribution is -0.255. The molecule has 5 nitrogen and oxygen atoms in total. The number of benzene rings is 2. The second kappa shape index (κ2) is 6.90. The Morgan fingerprint density at radius 3 is 2.62 bits per heavy atom. The molecular formula is C15H11BrNO4-. The molecule has 0 fully saturated rings. The predicted octanol–water partition coefficient (Wildman–Crippen LogP) is 1.83. The maximum atomic E-state index is 11.8. The third kappa shape index (κ3) is 4.32. The van der Waals surface area contributed by atoms with Gasteiger partial charge in [0.15, 0.2) is 6.61 Å². The summed E-state index contributed by atoms with van der Waals surface area (Å²) in [6.07, 6.45) is 0. The van der Waals surface area contributed by atoms with Gasteiger partial charge in [-0.05, 0) is 30.3 Å². The van der Waals surface area contributed by atoms with Crippen molar-refractivity contribution in [2.45, 2.75) is 0 Å². The summed E-state index contributed by atoms with van der Waals surface area (Å²) in [5.41, 5.74) is 0.527. The van der Waals surface area contributed by atoms with Gasteiger partial charge in [0.1, 0.15) is 5.75 Å². The van der Waals surface area contributed by atoms with Crippen LogP contribution in [0.15, 0.2) is 53.0 Å². The van der Waals surface area contributed by atoms with Crippen molar-refractivity contribution in [3.05, 3.63) is 58.6 Å². The molecule has 0 aliphatic heterocycles. The maximum absolute atomic E-state index is 11.8. The van der Waals surface area contributed by atoms with Crippen LogP contribution >= 0.6 is 15.9 Å². The van der Waals surface area contributed by atoms with E-state index in [9.17, 15) is 14.7 Å². The number of halogens is 1. The fraction of sp³-hybridized carbons (Fsp3) is 0.0667. The van der Waals surface area contributed by atoms with Crippen molar-refractivity contribution in [3.8, 4) is 5.75 Å². The zero-order chi connectivity index (χ0) is 15.2. The smallest absolute Gasteiger partial charge is 0.262 e. The molecule has 0 saturated carbocycles. The molecule has 1 amide bonds. The minimum Gasteiger partial charge on any atom is -0.545 e. The minimum absolute atomic E-state index is 0.0900. The quantitative estimate of drug-likeness (QED) is 0.893. The molecule has 0 unspecified atom stereocenters. The average molecular weight is 349 g/mol. The van der Waals surface area contributed by atoms with E-state index in [4.69, 9.17) is 4.74 Å². The molecule has 108 valence electrons. The van der Waals surface area contributed by atoms with Crippen LogP contribution in [0.1, 0.15) is 10.4 Å². The molecule has 0 atom stereocenters. The van der Waals surface area contributed by atoms with Gasteiger partial charge in [0.05, 0.1) is 5.97 Å². The van der Waals surface area contributed by atoms with Gasteiger partial charge in [-0.15, -0.1) is 0 Å². The molecule has 21 heavy (non-hydrogen) atoms. The van der Waals surface area contributed by atoms with E-state index in [0.29, 0.717) is 5.69 Å². The topological polar surface area (TPSA) is 78.5 Å². The van der Waals surface area contributed by atoms with E-state index in [1.807, 2.05) is 6.07 Å². The van der Waals surface area contributed by atoms with Crippen LogP contribution in [0.5, 0.6) is 5.75 Å². The van der Waals surface area contributed by atoms with Gasteiger partial charge in [0.25, 0.3) is 5.91 Å². The normalized spacial score (nSPS) is 9.95. The molecule has 0 bridgehead atoms. The molecule has 1 N–H and O–H groups in total. The molecule has 2 aromatic rings. The summed E-state index contributed by atoms with van der Waals surface area (Å²) in [7, 11) is 0. The maximum Gasteiger partial charge on any atom is 0.262 e. The van der Waals surface area contributed by atoms with Crippen LogP contribution in [0.25, 0.3) is 0 Å². The van der Waals surface area contributed by atoms with Gasteiger partial charge < -0.3 is 20.0 Å². The molecule has 2 aromatic carbocycles. The number of anilines is 1. The van der Waals surface area contributed by atoms with Crippen molar-refractivity contribution in [1.29, 1.82) is 0 Å². The molecule has 0 heterocycles. The van der Waals surface area contributed by atoms with E-state index < -0.39 is 5.97 Å². The second-order valence-electron chi connectivity index (χ2n) is 4.13. The van der Waals surface area contributed by atoms with Crippen LogP contribution in [-0.4, -0.2) is 18.5 Å². The number of carboxylic acid groups (broad SMARTS) is 1. The molecule has 0 aromatic heterocycles. The molecule has 0 aliphatic carbocycles. The van der Waals surface area contributed by atoms with Crippen LogP contribution < -0.4 is 15.2 Å². The van der Waals surface area contributed by atoms with Gasteiger partial charge in [-0.1, -0.05) is 34.1 Å². The first-order valence-corrected chi connectivity index (χ1v) is 6.84. The van der Waals surface area contributed by atoms with Crippen molar-refractivity contribution >= 4 is 33.5 Å². The summed E-state index contributed by atoms with van der Waals surface area (Å²) < 4.78 is 6.05. The first-order chi connectivity index (χ1) is 10.1. The number of para-hydroxylation sites is 1. The first kappa shape index (κ1) is 15.1. The van der Waals surface area contributed by atoms with E-state index >= 15 is 0 Å². The Labute approximate surface area is 129 Å². The van der Waals surface area contributed by atoms with Gasteiger partial charge in [-0.25, -0.2) is 0 Å². The highest BCUT2D eigenvalue weighted by atomic mass is 79.9. The van der Waals surface area contributed by atoms with Gasteiger partial charge >= 0.3 is 0 Å². The van der Waals surface area contributed by atoms with Crippen molar-refractivity contribution in [1.82, 2.24) is 0 Å². The van der Waals surface area contributed by atoms with Gasteiger partial charge in [0.2, 0.25) is 0 Å². The summed E-state index contributed by atoms with van der Waals surface area (Å²) in [5.74, 6) is -1.64. The molecule has 0 spiro atoms. The molecule has 2 rings (SSSR count). The number of hydrogen-bond acceptors (Lipinski definition) is 4. The predicted molar refractivity (Wildman–Crippen MR) is 79.0 cm³/mol. The number of rotatable bonds is 5. The lowest BCUT2D eigenvalue weighted by atomic mass is 10.2. The Hall–Kier alpha value is -2.34. The number of carbonyl (C=O) groups excluding carboxylic acids is 2. The Morgan fingerprint density at radius 1 is 1.14 bits per heavy atom. The first-order valence-electron chi connectivity index (χ1n) is 6.05. The third-order valence-corrected chi connectivity index (χ3v) is 3.07. The minimum atomic E-state index is -1.35. The number of carbonyl (C=O) groups is 2. The van der Waals surface area contributed by atoms with Crippen molar-refractivity contribution in [2.24, 2.45) is 0 Å². The van der Waals surface area contributed by atoms with E-state index in [0.717, 1.165) is 4.47 Å². The zero-order valence-corrected chi connectivity index (χ0v) is 12.4. The highest BCUT2D eigenvalue weighted by Crippen LogP contribution is 2.18. The van der Waals surface area contributed by atoms with Gasteiger partial charge in [-0.3, -0.25) is 4.79 Å². The molecule has 0 aliphatic rings. The van der Waals surface area contributed by atoms with Crippen LogP contribution in [-0.2, 0) is 4.79 Å². The summed E-state index contributed by atoms with van der Waals surface area (Å²) >= 11 is 3.30. The second-order valence-corrected chi connectivity index (χ2v) is 5.05. The number of nitrogens with one attached hydrogen (secondary N) is 1. The number of amides is 1. The molecular weight excluding hydrogens is 338 g/mol. The van der Waals surface area contributed by atoms with Crippen LogP contribution in [0.3, 0.4) is 0 Å². The van der Waals surface area contributed by atoms with Crippen molar-refractivity contribution < 1.29 is 19.4 Å². The largest absolute Gasteiger partial charge is 0.545 e. The van der Waals surface area contributed by atoms with E-state index in [1.165, 1.54) is 12.1 Å². The van der Waals surface area contributed by atoms with Crippen LogP contribution in [0.2, 0.25) is 0 Å². The Bertz CT molecular complexity index is 672.